The first-order valence-corrected chi connectivity index (χ1v) is 6.88. The fourth-order valence-electron chi connectivity index (χ4n) is 2.37. The van der Waals surface area contributed by atoms with E-state index in [-0.39, 0.29) is 12.7 Å². The molecule has 0 spiro atoms. The summed E-state index contributed by atoms with van der Waals surface area (Å²) >= 11 is 6.20. The quantitative estimate of drug-likeness (QED) is 0.940. The Morgan fingerprint density at radius 1 is 0.950 bits per heavy atom. The van der Waals surface area contributed by atoms with Gasteiger partial charge in [-0.3, -0.25) is 0 Å². The van der Waals surface area contributed by atoms with E-state index in [1.807, 2.05) is 54.6 Å². The molecule has 0 aliphatic carbocycles. The third kappa shape index (κ3) is 2.58. The monoisotopic (exact) mass is 290 g/mol. The summed E-state index contributed by atoms with van der Waals surface area (Å²) in [5, 5.41) is 10.1. The van der Waals surface area contributed by atoms with Crippen LogP contribution < -0.4 is 0 Å². The third-order valence-electron chi connectivity index (χ3n) is 3.37. The first-order valence-electron chi connectivity index (χ1n) is 6.50. The Morgan fingerprint density at radius 3 is 2.35 bits per heavy atom. The van der Waals surface area contributed by atoms with Crippen LogP contribution in [0.2, 0.25) is 5.02 Å². The van der Waals surface area contributed by atoms with Gasteiger partial charge in [0.2, 0.25) is 0 Å². The average Bonchev–Trinajstić information content (AvgIpc) is 2.93. The molecular formula is C16H15ClO3. The summed E-state index contributed by atoms with van der Waals surface area (Å²) < 4.78 is 11.7. The van der Waals surface area contributed by atoms with E-state index in [1.54, 1.807) is 0 Å². The van der Waals surface area contributed by atoms with Gasteiger partial charge in [-0.25, -0.2) is 0 Å². The zero-order valence-corrected chi connectivity index (χ0v) is 11.5. The summed E-state index contributed by atoms with van der Waals surface area (Å²) in [6.07, 6.45) is -1.26. The van der Waals surface area contributed by atoms with Crippen molar-refractivity contribution in [3.8, 4) is 0 Å². The summed E-state index contributed by atoms with van der Waals surface area (Å²) in [6, 6.07) is 17.1. The maximum absolute atomic E-state index is 9.51. The maximum Gasteiger partial charge on any atom is 0.185 e. The molecule has 2 aromatic rings. The third-order valence-corrected chi connectivity index (χ3v) is 3.71. The molecule has 3 rings (SSSR count). The SMILES string of the molecule is OC[C@H]1OC(c2ccccc2)O[C@@H]1c1ccccc1Cl. The van der Waals surface area contributed by atoms with Gasteiger partial charge in [-0.2, -0.15) is 0 Å². The highest BCUT2D eigenvalue weighted by molar-refractivity contribution is 6.31. The Kier molecular flexibility index (Phi) is 4.03. The van der Waals surface area contributed by atoms with Crippen LogP contribution in [0, 0.1) is 0 Å². The average molecular weight is 291 g/mol. The summed E-state index contributed by atoms with van der Waals surface area (Å²) in [5.41, 5.74) is 1.77. The number of halogens is 1. The zero-order valence-electron chi connectivity index (χ0n) is 10.8. The minimum absolute atomic E-state index is 0.112. The summed E-state index contributed by atoms with van der Waals surface area (Å²) in [7, 11) is 0. The molecule has 3 atom stereocenters. The van der Waals surface area contributed by atoms with Crippen molar-refractivity contribution in [2.24, 2.45) is 0 Å². The Bertz CT molecular complexity index is 573. The molecule has 0 aromatic heterocycles. The Hall–Kier alpha value is -1.39. The predicted octanol–water partition coefficient (Wildman–Crippen LogP) is 3.49. The zero-order chi connectivity index (χ0) is 13.9. The molecule has 0 radical (unpaired) electrons. The molecule has 20 heavy (non-hydrogen) atoms. The standard InChI is InChI=1S/C16H15ClO3/c17-13-9-5-4-8-12(13)15-14(10-18)19-16(20-15)11-6-2-1-3-7-11/h1-9,14-16,18H,10H2/t14-,15-,16?/m1/s1. The van der Waals surface area contributed by atoms with Gasteiger partial charge in [0.1, 0.15) is 12.2 Å². The van der Waals surface area contributed by atoms with Crippen LogP contribution in [-0.4, -0.2) is 17.8 Å². The normalized spacial score (nSPS) is 25.8. The molecule has 1 aliphatic rings. The van der Waals surface area contributed by atoms with Crippen molar-refractivity contribution in [3.05, 3.63) is 70.7 Å². The molecule has 1 aliphatic heterocycles. The fraction of sp³-hybridized carbons (Fsp3) is 0.250. The molecule has 2 aromatic carbocycles. The van der Waals surface area contributed by atoms with Gasteiger partial charge in [0.15, 0.2) is 6.29 Å². The van der Waals surface area contributed by atoms with Crippen molar-refractivity contribution in [1.82, 2.24) is 0 Å². The maximum atomic E-state index is 9.51. The first-order chi connectivity index (χ1) is 9.79. The Labute approximate surface area is 122 Å². The second-order valence-electron chi connectivity index (χ2n) is 4.68. The van der Waals surface area contributed by atoms with E-state index >= 15 is 0 Å². The minimum Gasteiger partial charge on any atom is -0.394 e. The second-order valence-corrected chi connectivity index (χ2v) is 5.09. The van der Waals surface area contributed by atoms with Gasteiger partial charge in [0, 0.05) is 16.1 Å². The lowest BCUT2D eigenvalue weighted by Crippen LogP contribution is -2.19. The molecule has 1 saturated heterocycles. The highest BCUT2D eigenvalue weighted by Crippen LogP contribution is 2.41. The van der Waals surface area contributed by atoms with E-state index < -0.39 is 12.4 Å². The number of benzene rings is 2. The molecule has 1 N–H and O–H groups in total. The number of hydrogen-bond donors (Lipinski definition) is 1. The van der Waals surface area contributed by atoms with Gasteiger partial charge in [0.25, 0.3) is 0 Å². The fourth-order valence-corrected chi connectivity index (χ4v) is 2.61. The molecule has 0 amide bonds. The van der Waals surface area contributed by atoms with E-state index in [2.05, 4.69) is 0 Å². The van der Waals surface area contributed by atoms with Gasteiger partial charge in [0.05, 0.1) is 6.61 Å². The van der Waals surface area contributed by atoms with Crippen LogP contribution in [0.1, 0.15) is 23.5 Å². The molecule has 3 nitrogen and oxygen atoms in total. The van der Waals surface area contributed by atoms with Crippen LogP contribution >= 0.6 is 11.6 Å². The van der Waals surface area contributed by atoms with Gasteiger partial charge >= 0.3 is 0 Å². The predicted molar refractivity (Wildman–Crippen MR) is 76.4 cm³/mol. The van der Waals surface area contributed by atoms with E-state index in [0.717, 1.165) is 11.1 Å². The van der Waals surface area contributed by atoms with Gasteiger partial charge < -0.3 is 14.6 Å². The van der Waals surface area contributed by atoms with Crippen molar-refractivity contribution >= 4 is 11.6 Å². The smallest absolute Gasteiger partial charge is 0.185 e. The van der Waals surface area contributed by atoms with E-state index in [4.69, 9.17) is 21.1 Å². The van der Waals surface area contributed by atoms with Gasteiger partial charge in [-0.1, -0.05) is 60.1 Å². The molecule has 0 saturated carbocycles. The number of ether oxygens (including phenoxy) is 2. The lowest BCUT2D eigenvalue weighted by atomic mass is 10.1. The molecule has 1 heterocycles. The molecule has 1 unspecified atom stereocenters. The second kappa shape index (κ2) is 5.94. The van der Waals surface area contributed by atoms with Crippen LogP contribution in [0.4, 0.5) is 0 Å². The molecule has 4 heteroatoms. The highest BCUT2D eigenvalue weighted by Gasteiger charge is 2.38. The molecule has 104 valence electrons. The van der Waals surface area contributed by atoms with Crippen molar-refractivity contribution in [2.75, 3.05) is 6.61 Å². The van der Waals surface area contributed by atoms with Crippen molar-refractivity contribution in [2.45, 2.75) is 18.5 Å². The number of aliphatic hydroxyl groups is 1. The van der Waals surface area contributed by atoms with Crippen LogP contribution in [0.5, 0.6) is 0 Å². The summed E-state index contributed by atoms with van der Waals surface area (Å²) in [4.78, 5) is 0. The number of hydrogen-bond acceptors (Lipinski definition) is 3. The summed E-state index contributed by atoms with van der Waals surface area (Å²) in [5.74, 6) is 0. The topological polar surface area (TPSA) is 38.7 Å². The van der Waals surface area contributed by atoms with E-state index in [9.17, 15) is 5.11 Å². The van der Waals surface area contributed by atoms with E-state index in [0.29, 0.717) is 5.02 Å². The lowest BCUT2D eigenvalue weighted by molar-refractivity contribution is -0.0739. The highest BCUT2D eigenvalue weighted by atomic mass is 35.5. The number of rotatable bonds is 3. The molecule has 0 bridgehead atoms. The van der Waals surface area contributed by atoms with Crippen LogP contribution in [0.25, 0.3) is 0 Å². The van der Waals surface area contributed by atoms with Crippen LogP contribution in [0.15, 0.2) is 54.6 Å². The Balaban J connectivity index is 1.87. The van der Waals surface area contributed by atoms with Crippen molar-refractivity contribution in [1.29, 1.82) is 0 Å². The number of aliphatic hydroxyl groups excluding tert-OH is 1. The first kappa shape index (κ1) is 13.6. The summed E-state index contributed by atoms with van der Waals surface area (Å²) in [6.45, 7) is -0.112. The van der Waals surface area contributed by atoms with Crippen LogP contribution in [0.3, 0.4) is 0 Å². The molecule has 1 fully saturated rings. The lowest BCUT2D eigenvalue weighted by Gasteiger charge is -2.15. The van der Waals surface area contributed by atoms with Gasteiger partial charge in [-0.15, -0.1) is 0 Å². The van der Waals surface area contributed by atoms with Crippen molar-refractivity contribution in [3.63, 3.8) is 0 Å². The largest absolute Gasteiger partial charge is 0.394 e. The minimum atomic E-state index is -0.477. The van der Waals surface area contributed by atoms with Crippen molar-refractivity contribution < 1.29 is 14.6 Å². The Morgan fingerprint density at radius 2 is 1.65 bits per heavy atom. The van der Waals surface area contributed by atoms with Gasteiger partial charge in [-0.05, 0) is 6.07 Å². The molecular weight excluding hydrogens is 276 g/mol. The van der Waals surface area contributed by atoms with Crippen LogP contribution in [-0.2, 0) is 9.47 Å². The van der Waals surface area contributed by atoms with E-state index in [1.165, 1.54) is 0 Å².